The number of imide groups is 1. The molecule has 1 N–H and O–H groups in total. The highest BCUT2D eigenvalue weighted by atomic mass is 16.3. The van der Waals surface area contributed by atoms with Gasteiger partial charge in [-0.25, -0.2) is 0 Å². The molecule has 1 fully saturated rings. The van der Waals surface area contributed by atoms with E-state index in [1.165, 1.54) is 4.90 Å². The van der Waals surface area contributed by atoms with Crippen LogP contribution in [0.2, 0.25) is 0 Å². The quantitative estimate of drug-likeness (QED) is 0.733. The van der Waals surface area contributed by atoms with E-state index in [-0.39, 0.29) is 25.0 Å². The third kappa shape index (κ3) is 3.78. The monoisotopic (exact) mass is 409 g/mol. The lowest BCUT2D eigenvalue weighted by Crippen LogP contribution is -2.48. The Morgan fingerprint density at radius 1 is 1.00 bits per heavy atom. The summed E-state index contributed by atoms with van der Waals surface area (Å²) >= 11 is 0. The molecular formula is C23H27N3O4. The van der Waals surface area contributed by atoms with Gasteiger partial charge < -0.3 is 14.4 Å². The predicted molar refractivity (Wildman–Crippen MR) is 112 cm³/mol. The van der Waals surface area contributed by atoms with Gasteiger partial charge in [-0.15, -0.1) is 0 Å². The molecule has 3 heterocycles. The Hall–Kier alpha value is -2.90. The van der Waals surface area contributed by atoms with Gasteiger partial charge in [0.2, 0.25) is 0 Å². The fourth-order valence-electron chi connectivity index (χ4n) is 4.05. The van der Waals surface area contributed by atoms with E-state index in [9.17, 15) is 14.7 Å². The number of piperazine rings is 1. The zero-order valence-corrected chi connectivity index (χ0v) is 17.4. The van der Waals surface area contributed by atoms with E-state index in [2.05, 4.69) is 4.90 Å². The molecule has 4 rings (SSSR count). The molecule has 1 aromatic heterocycles. The molecule has 1 aromatic carbocycles. The molecule has 2 aromatic rings. The smallest absolute Gasteiger partial charge is 0.278 e. The van der Waals surface area contributed by atoms with Crippen molar-refractivity contribution in [3.8, 4) is 0 Å². The molecule has 0 radical (unpaired) electrons. The molecule has 0 unspecified atom stereocenters. The molecule has 0 saturated carbocycles. The molecule has 7 nitrogen and oxygen atoms in total. The summed E-state index contributed by atoms with van der Waals surface area (Å²) in [5, 5.41) is 9.19. The fraction of sp³-hybridized carbons (Fsp3) is 0.391. The molecule has 0 aliphatic carbocycles. The second-order valence-electron chi connectivity index (χ2n) is 7.85. The number of aryl methyl sites for hydroxylation is 2. The van der Waals surface area contributed by atoms with E-state index in [0.717, 1.165) is 29.8 Å². The number of nitrogens with zero attached hydrogens (tertiary/aromatic N) is 3. The van der Waals surface area contributed by atoms with Crippen LogP contribution in [-0.4, -0.2) is 71.0 Å². The van der Waals surface area contributed by atoms with Crippen molar-refractivity contribution in [3.63, 3.8) is 0 Å². The first kappa shape index (κ1) is 20.4. The van der Waals surface area contributed by atoms with Crippen molar-refractivity contribution in [3.05, 3.63) is 64.7 Å². The number of carbonyl (C=O) groups excluding carboxylic acids is 2. The van der Waals surface area contributed by atoms with Crippen LogP contribution in [0, 0.1) is 13.8 Å². The number of carbonyl (C=O) groups is 2. The number of rotatable bonds is 6. The van der Waals surface area contributed by atoms with E-state index in [4.69, 9.17) is 4.42 Å². The van der Waals surface area contributed by atoms with Gasteiger partial charge in [0, 0.05) is 32.7 Å². The van der Waals surface area contributed by atoms with Crippen LogP contribution in [-0.2, 0) is 16.1 Å². The summed E-state index contributed by atoms with van der Waals surface area (Å²) in [5.74, 6) is 0.0119. The van der Waals surface area contributed by atoms with Crippen LogP contribution in [0.25, 0.3) is 5.57 Å². The Balaban J connectivity index is 1.70. The number of furan rings is 1. The van der Waals surface area contributed by atoms with Crippen LogP contribution >= 0.6 is 0 Å². The normalized spacial score (nSPS) is 18.1. The lowest BCUT2D eigenvalue weighted by molar-refractivity contribution is -0.138. The summed E-state index contributed by atoms with van der Waals surface area (Å²) in [7, 11) is 0. The van der Waals surface area contributed by atoms with Gasteiger partial charge in [-0.1, -0.05) is 18.2 Å². The standard InChI is InChI=1S/C23H27N3O4/c1-16-5-6-18(14-17(16)2)20-21(25-9-7-24(8-10-25)11-12-27)23(29)26(22(20)28)15-19-4-3-13-30-19/h3-6,13-14,27H,7-12,15H2,1-2H3. The molecule has 0 bridgehead atoms. The summed E-state index contributed by atoms with van der Waals surface area (Å²) in [4.78, 5) is 32.2. The largest absolute Gasteiger partial charge is 0.467 e. The maximum Gasteiger partial charge on any atom is 0.278 e. The fourth-order valence-corrected chi connectivity index (χ4v) is 4.05. The number of benzene rings is 1. The Morgan fingerprint density at radius 2 is 1.77 bits per heavy atom. The van der Waals surface area contributed by atoms with Gasteiger partial charge >= 0.3 is 0 Å². The molecule has 1 saturated heterocycles. The first-order valence-corrected chi connectivity index (χ1v) is 10.3. The Bertz CT molecular complexity index is 972. The van der Waals surface area contributed by atoms with Crippen LogP contribution in [0.4, 0.5) is 0 Å². The molecule has 2 aliphatic rings. The molecule has 30 heavy (non-hydrogen) atoms. The zero-order valence-electron chi connectivity index (χ0n) is 17.4. The summed E-state index contributed by atoms with van der Waals surface area (Å²) < 4.78 is 5.38. The minimum absolute atomic E-state index is 0.116. The summed E-state index contributed by atoms with van der Waals surface area (Å²) in [6.45, 7) is 7.64. The van der Waals surface area contributed by atoms with Crippen LogP contribution in [0.15, 0.2) is 46.7 Å². The number of hydrogen-bond donors (Lipinski definition) is 1. The van der Waals surface area contributed by atoms with E-state index in [1.54, 1.807) is 18.4 Å². The van der Waals surface area contributed by atoms with E-state index < -0.39 is 0 Å². The van der Waals surface area contributed by atoms with Crippen molar-refractivity contribution in [1.82, 2.24) is 14.7 Å². The van der Waals surface area contributed by atoms with Crippen molar-refractivity contribution in [2.45, 2.75) is 20.4 Å². The Morgan fingerprint density at radius 3 is 2.40 bits per heavy atom. The van der Waals surface area contributed by atoms with Crippen molar-refractivity contribution in [1.29, 1.82) is 0 Å². The van der Waals surface area contributed by atoms with Gasteiger partial charge in [0.25, 0.3) is 11.8 Å². The lowest BCUT2D eigenvalue weighted by atomic mass is 9.99. The summed E-state index contributed by atoms with van der Waals surface area (Å²) in [5.41, 5.74) is 3.93. The van der Waals surface area contributed by atoms with E-state index >= 15 is 0 Å². The van der Waals surface area contributed by atoms with E-state index in [1.807, 2.05) is 36.9 Å². The maximum absolute atomic E-state index is 13.4. The topological polar surface area (TPSA) is 77.2 Å². The first-order chi connectivity index (χ1) is 14.5. The lowest BCUT2D eigenvalue weighted by Gasteiger charge is -2.36. The second-order valence-corrected chi connectivity index (χ2v) is 7.85. The van der Waals surface area contributed by atoms with Crippen molar-refractivity contribution in [2.75, 3.05) is 39.3 Å². The van der Waals surface area contributed by atoms with Gasteiger partial charge in [-0.2, -0.15) is 0 Å². The molecule has 2 aliphatic heterocycles. The van der Waals surface area contributed by atoms with Gasteiger partial charge in [0.05, 0.1) is 25.0 Å². The Kier molecular flexibility index (Phi) is 5.74. The number of amides is 2. The highest BCUT2D eigenvalue weighted by Gasteiger charge is 2.42. The minimum atomic E-state index is -0.285. The highest BCUT2D eigenvalue weighted by molar-refractivity contribution is 6.35. The molecule has 0 spiro atoms. The van der Waals surface area contributed by atoms with Crippen molar-refractivity contribution < 1.29 is 19.1 Å². The van der Waals surface area contributed by atoms with Crippen LogP contribution in [0.5, 0.6) is 0 Å². The third-order valence-corrected chi connectivity index (χ3v) is 5.94. The average Bonchev–Trinajstić information content (AvgIpc) is 3.33. The van der Waals surface area contributed by atoms with Crippen LogP contribution in [0.1, 0.15) is 22.5 Å². The van der Waals surface area contributed by atoms with Gasteiger partial charge in [-0.3, -0.25) is 19.4 Å². The van der Waals surface area contributed by atoms with Crippen LogP contribution < -0.4 is 0 Å². The zero-order chi connectivity index (χ0) is 21.3. The van der Waals surface area contributed by atoms with Crippen LogP contribution in [0.3, 0.4) is 0 Å². The third-order valence-electron chi connectivity index (χ3n) is 5.94. The molecule has 7 heteroatoms. The average molecular weight is 409 g/mol. The first-order valence-electron chi connectivity index (χ1n) is 10.3. The molecule has 2 amide bonds. The minimum Gasteiger partial charge on any atom is -0.467 e. The number of aliphatic hydroxyl groups is 1. The SMILES string of the molecule is Cc1ccc(C2=C(N3CCN(CCO)CC3)C(=O)N(Cc3ccco3)C2=O)cc1C. The molecule has 158 valence electrons. The molecule has 0 atom stereocenters. The number of aliphatic hydroxyl groups excluding tert-OH is 1. The highest BCUT2D eigenvalue weighted by Crippen LogP contribution is 2.34. The van der Waals surface area contributed by atoms with Gasteiger partial charge in [0.1, 0.15) is 11.5 Å². The van der Waals surface area contributed by atoms with E-state index in [0.29, 0.717) is 36.7 Å². The number of β-amino-alcohol motifs (C(OH)–C–C–N with tert-alkyl or cyclic N) is 1. The predicted octanol–water partition coefficient (Wildman–Crippen LogP) is 1.79. The Labute approximate surface area is 176 Å². The maximum atomic E-state index is 13.4. The summed E-state index contributed by atoms with van der Waals surface area (Å²) in [6.07, 6.45) is 1.54. The number of hydrogen-bond acceptors (Lipinski definition) is 6. The second kappa shape index (κ2) is 8.45. The summed E-state index contributed by atoms with van der Waals surface area (Å²) in [6, 6.07) is 9.40. The van der Waals surface area contributed by atoms with Crippen molar-refractivity contribution >= 4 is 17.4 Å². The molecular weight excluding hydrogens is 382 g/mol. The van der Waals surface area contributed by atoms with Crippen molar-refractivity contribution in [2.24, 2.45) is 0 Å². The van der Waals surface area contributed by atoms with Gasteiger partial charge in [0.15, 0.2) is 0 Å². The van der Waals surface area contributed by atoms with Gasteiger partial charge in [-0.05, 0) is 42.7 Å².